The van der Waals surface area contributed by atoms with Crippen LogP contribution in [0.25, 0.3) is 0 Å². The first-order chi connectivity index (χ1) is 40.0. The Morgan fingerprint density at radius 1 is 0.602 bits per heavy atom. The van der Waals surface area contributed by atoms with E-state index >= 15 is 0 Å². The summed E-state index contributed by atoms with van der Waals surface area (Å²) in [5.41, 5.74) is 8.13. The van der Waals surface area contributed by atoms with Gasteiger partial charge in [0.25, 0.3) is 11.8 Å². The standard InChI is InChI=1S/C61H101N6O15P/c1-5-7-9-11-13-15-17-19-21-23-25-27-29-31-36-40-57(71)78-48-53(82-58(72)41-37-32-30-28-26-24-22-20-18-16-14-12-10-8-6-2)49-81-83(76,77)80-45-44-63-55(69)42-43-56(70)67(46-54(62)68)66-60(74)51(4)64-59(73)50(3)65-61(75)79-47-52-38-34-33-35-39-52/h19-22,33-35,38-39,42-43,50-51,53H,5-18,23-32,36-37,40-41,44-49H2,1-4H3,(H2,62,68)(H,63,69)(H,64,73)(H,65,75)(H,66,74)(H,76,77)/b21-19-,22-20-,43-42+/t50-,51-,53?/m0/s1. The number of carbonyl (C=O) groups excluding carboxylic acids is 8. The summed E-state index contributed by atoms with van der Waals surface area (Å²) in [6, 6.07) is 6.40. The highest BCUT2D eigenvalue weighted by atomic mass is 31.2. The average Bonchev–Trinajstić information content (AvgIpc) is 3.46. The third-order valence-electron chi connectivity index (χ3n) is 13.0. The van der Waals surface area contributed by atoms with Crippen LogP contribution in [0.5, 0.6) is 0 Å². The number of alkyl carbamates (subject to hydrolysis) is 1. The molecular formula is C61H101N6O15P. The molecule has 22 heteroatoms. The molecule has 0 bridgehead atoms. The van der Waals surface area contributed by atoms with Crippen molar-refractivity contribution in [2.75, 3.05) is 32.9 Å². The highest BCUT2D eigenvalue weighted by molar-refractivity contribution is 7.47. The first-order valence-electron chi connectivity index (χ1n) is 30.4. The zero-order valence-corrected chi connectivity index (χ0v) is 51.2. The van der Waals surface area contributed by atoms with E-state index in [1.165, 1.54) is 90.9 Å². The van der Waals surface area contributed by atoms with E-state index in [1.54, 1.807) is 30.3 Å². The van der Waals surface area contributed by atoms with Crippen LogP contribution in [0, 0.1) is 0 Å². The molecule has 0 heterocycles. The topological polar surface area (TPSA) is 297 Å². The zero-order chi connectivity index (χ0) is 61.2. The summed E-state index contributed by atoms with van der Waals surface area (Å²) in [5.74, 6) is -5.79. The third-order valence-corrected chi connectivity index (χ3v) is 14.0. The maximum absolute atomic E-state index is 12.9. The Morgan fingerprint density at radius 2 is 1.10 bits per heavy atom. The first kappa shape index (κ1) is 75.1. The Hall–Kier alpha value is -5.89. The number of nitrogens with one attached hydrogen (secondary N) is 4. The van der Waals surface area contributed by atoms with Crippen LogP contribution >= 0.6 is 7.82 Å². The van der Waals surface area contributed by atoms with Crippen LogP contribution < -0.4 is 27.1 Å². The number of hydrogen-bond acceptors (Lipinski definition) is 14. The van der Waals surface area contributed by atoms with Crippen molar-refractivity contribution >= 4 is 55.4 Å². The number of rotatable bonds is 50. The fourth-order valence-corrected chi connectivity index (χ4v) is 8.87. The highest BCUT2D eigenvalue weighted by Crippen LogP contribution is 2.43. The van der Waals surface area contributed by atoms with Crippen LogP contribution in [0.4, 0.5) is 4.79 Å². The number of hydrazine groups is 1. The molecule has 4 atom stereocenters. The number of unbranched alkanes of at least 4 members (excludes halogenated alkanes) is 22. The third kappa shape index (κ3) is 44.3. The molecule has 0 fully saturated rings. The lowest BCUT2D eigenvalue weighted by atomic mass is 10.1. The Labute approximate surface area is 494 Å². The number of nitrogens with two attached hydrogens (primary N) is 1. The second-order valence-corrected chi connectivity index (χ2v) is 22.2. The summed E-state index contributed by atoms with van der Waals surface area (Å²) in [6.45, 7) is 4.25. The molecule has 1 aromatic carbocycles. The van der Waals surface area contributed by atoms with Crippen LogP contribution in [0.2, 0.25) is 0 Å². The van der Waals surface area contributed by atoms with Crippen LogP contribution in [0.3, 0.4) is 0 Å². The molecular weight excluding hydrogens is 1090 g/mol. The summed E-state index contributed by atoms with van der Waals surface area (Å²) < 4.78 is 39.0. The monoisotopic (exact) mass is 1190 g/mol. The molecule has 0 saturated heterocycles. The Kier molecular flexibility index (Phi) is 44.8. The highest BCUT2D eigenvalue weighted by Gasteiger charge is 2.27. The predicted molar refractivity (Wildman–Crippen MR) is 320 cm³/mol. The summed E-state index contributed by atoms with van der Waals surface area (Å²) in [7, 11) is -4.82. The summed E-state index contributed by atoms with van der Waals surface area (Å²) >= 11 is 0. The van der Waals surface area contributed by atoms with E-state index in [1.807, 2.05) is 0 Å². The van der Waals surface area contributed by atoms with E-state index in [-0.39, 0.29) is 26.0 Å². The summed E-state index contributed by atoms with van der Waals surface area (Å²) in [5, 5.41) is 7.54. The molecule has 0 spiro atoms. The summed E-state index contributed by atoms with van der Waals surface area (Å²) in [6.07, 6.45) is 37.5. The van der Waals surface area contributed by atoms with E-state index in [2.05, 4.69) is 59.5 Å². The van der Waals surface area contributed by atoms with Crippen LogP contribution in [-0.2, 0) is 68.0 Å². The molecule has 0 aliphatic heterocycles. The maximum Gasteiger partial charge on any atom is 0.472 e. The van der Waals surface area contributed by atoms with Gasteiger partial charge in [-0.15, -0.1) is 0 Å². The Balaban J connectivity index is 2.63. The molecule has 83 heavy (non-hydrogen) atoms. The van der Waals surface area contributed by atoms with Gasteiger partial charge in [0.05, 0.1) is 13.2 Å². The van der Waals surface area contributed by atoms with Crippen molar-refractivity contribution in [2.24, 2.45) is 5.73 Å². The predicted octanol–water partition coefficient (Wildman–Crippen LogP) is 10.5. The normalized spacial score (nSPS) is 13.2. The minimum atomic E-state index is -4.82. The lowest BCUT2D eigenvalue weighted by Crippen LogP contribution is -2.56. The number of primary amides is 1. The second kappa shape index (κ2) is 49.5. The van der Waals surface area contributed by atoms with Crippen molar-refractivity contribution in [1.29, 1.82) is 0 Å². The molecule has 1 aromatic rings. The lowest BCUT2D eigenvalue weighted by molar-refractivity contribution is -0.161. The molecule has 2 unspecified atom stereocenters. The number of phosphoric ester groups is 1. The summed E-state index contributed by atoms with van der Waals surface area (Å²) in [4.78, 5) is 111. The molecule has 0 saturated carbocycles. The van der Waals surface area contributed by atoms with Gasteiger partial charge in [0, 0.05) is 31.5 Å². The number of ether oxygens (including phenoxy) is 3. The van der Waals surface area contributed by atoms with Gasteiger partial charge < -0.3 is 40.8 Å². The molecule has 6 amide bonds. The van der Waals surface area contributed by atoms with Gasteiger partial charge in [-0.25, -0.2) is 14.4 Å². The largest absolute Gasteiger partial charge is 0.472 e. The number of benzene rings is 1. The molecule has 21 nitrogen and oxygen atoms in total. The SMILES string of the molecule is CCCCCCCC/C=C\CCCCCCCC(=O)OCC(COP(=O)(O)OCCNC(=O)/C=C/C(=O)N(CC(N)=O)NC(=O)[C@H](C)NC(=O)[C@H](C)NC(=O)OCc1ccccc1)OC(=O)CCCCCCC/C=C\CCCCCCCC. The van der Waals surface area contributed by atoms with Crippen LogP contribution in [-0.4, -0.2) is 109 Å². The van der Waals surface area contributed by atoms with Crippen molar-refractivity contribution < 1.29 is 71.1 Å². The molecule has 1 rings (SSSR count). The Morgan fingerprint density at radius 3 is 1.63 bits per heavy atom. The van der Waals surface area contributed by atoms with Crippen molar-refractivity contribution in [3.05, 3.63) is 72.4 Å². The number of nitrogens with zero attached hydrogens (tertiary/aromatic N) is 1. The molecule has 0 aromatic heterocycles. The number of esters is 2. The zero-order valence-electron chi connectivity index (χ0n) is 50.3. The quantitative estimate of drug-likeness (QED) is 0.00672. The number of carbonyl (C=O) groups is 8. The average molecular weight is 1190 g/mol. The molecule has 0 radical (unpaired) electrons. The molecule has 7 N–H and O–H groups in total. The van der Waals surface area contributed by atoms with Crippen LogP contribution in [0.15, 0.2) is 66.8 Å². The minimum absolute atomic E-state index is 0.0423. The van der Waals surface area contributed by atoms with E-state index in [4.69, 9.17) is 29.0 Å². The van der Waals surface area contributed by atoms with Crippen molar-refractivity contribution in [1.82, 2.24) is 26.4 Å². The van der Waals surface area contributed by atoms with Gasteiger partial charge in [-0.05, 0) is 83.6 Å². The van der Waals surface area contributed by atoms with E-state index in [0.29, 0.717) is 23.9 Å². The second-order valence-electron chi connectivity index (χ2n) is 20.7. The van der Waals surface area contributed by atoms with E-state index in [0.717, 1.165) is 88.7 Å². The van der Waals surface area contributed by atoms with Crippen molar-refractivity contribution in [3.63, 3.8) is 0 Å². The number of amides is 6. The number of phosphoric acid groups is 1. The van der Waals surface area contributed by atoms with Crippen molar-refractivity contribution in [2.45, 2.75) is 232 Å². The van der Waals surface area contributed by atoms with E-state index in [9.17, 15) is 47.8 Å². The number of hydrogen-bond donors (Lipinski definition) is 6. The van der Waals surface area contributed by atoms with E-state index < -0.39 is 99.9 Å². The lowest BCUT2D eigenvalue weighted by Gasteiger charge is -2.24. The van der Waals surface area contributed by atoms with Crippen molar-refractivity contribution in [3.8, 4) is 0 Å². The van der Waals surface area contributed by atoms with Crippen LogP contribution in [0.1, 0.15) is 213 Å². The molecule has 0 aliphatic carbocycles. The Bertz CT molecular complexity index is 2130. The van der Waals surface area contributed by atoms with Gasteiger partial charge in [-0.3, -0.25) is 48.0 Å². The molecule has 0 aliphatic rings. The van der Waals surface area contributed by atoms with Gasteiger partial charge in [0.15, 0.2) is 6.10 Å². The fraction of sp³-hybridized carbons (Fsp3) is 0.672. The van der Waals surface area contributed by atoms with Gasteiger partial charge in [0.1, 0.15) is 31.8 Å². The smallest absolute Gasteiger partial charge is 0.462 e. The number of allylic oxidation sites excluding steroid dienone is 4. The fourth-order valence-electron chi connectivity index (χ4n) is 8.11. The molecule has 470 valence electrons. The van der Waals surface area contributed by atoms with Gasteiger partial charge in [0.2, 0.25) is 17.7 Å². The first-order valence-corrected chi connectivity index (χ1v) is 31.9. The van der Waals surface area contributed by atoms with Gasteiger partial charge in [-0.2, -0.15) is 0 Å². The minimum Gasteiger partial charge on any atom is -0.462 e. The van der Waals surface area contributed by atoms with Gasteiger partial charge in [-0.1, -0.05) is 171 Å². The maximum atomic E-state index is 12.9. The van der Waals surface area contributed by atoms with Gasteiger partial charge >= 0.3 is 25.9 Å².